The molecule has 2 atom stereocenters. The number of carboxylic acid groups (broad SMARTS) is 1. The van der Waals surface area contributed by atoms with Gasteiger partial charge in [-0.1, -0.05) is 41.0 Å². The van der Waals surface area contributed by atoms with Crippen molar-refractivity contribution in [2.75, 3.05) is 0 Å². The Morgan fingerprint density at radius 3 is 1.92 bits per heavy atom. The second kappa shape index (κ2) is 3.66. The van der Waals surface area contributed by atoms with Crippen LogP contribution in [0.2, 0.25) is 0 Å². The standard InChI is InChI=1S/C10H21NO2/c1-6-7(2)10(11,8(12)13)9(3,4)5/h7H,6,11H2,1-5H3,(H,12,13)/t7-,10-/m1/s1. The van der Waals surface area contributed by atoms with E-state index in [9.17, 15) is 4.79 Å². The Balaban J connectivity index is 5.08. The van der Waals surface area contributed by atoms with E-state index in [4.69, 9.17) is 10.8 Å². The summed E-state index contributed by atoms with van der Waals surface area (Å²) in [4.78, 5) is 11.1. The minimum atomic E-state index is -1.14. The zero-order chi connectivity index (χ0) is 10.9. The zero-order valence-electron chi connectivity index (χ0n) is 9.22. The fraction of sp³-hybridized carbons (Fsp3) is 0.900. The van der Waals surface area contributed by atoms with E-state index in [1.807, 2.05) is 34.6 Å². The number of carbonyl (C=O) groups is 1. The second-order valence-electron chi connectivity index (χ2n) is 4.73. The normalized spacial score (nSPS) is 19.2. The van der Waals surface area contributed by atoms with E-state index < -0.39 is 16.9 Å². The van der Waals surface area contributed by atoms with Crippen molar-refractivity contribution in [3.63, 3.8) is 0 Å². The lowest BCUT2D eigenvalue weighted by atomic mass is 9.66. The molecule has 0 amide bonds. The highest BCUT2D eigenvalue weighted by molar-refractivity contribution is 5.80. The van der Waals surface area contributed by atoms with Crippen LogP contribution in [0.5, 0.6) is 0 Å². The summed E-state index contributed by atoms with van der Waals surface area (Å²) in [5.41, 5.74) is 4.41. The third kappa shape index (κ3) is 2.02. The summed E-state index contributed by atoms with van der Waals surface area (Å²) in [6.07, 6.45) is 0.778. The van der Waals surface area contributed by atoms with Crippen molar-refractivity contribution in [2.45, 2.75) is 46.6 Å². The number of rotatable bonds is 3. The molecule has 0 spiro atoms. The molecule has 0 aromatic carbocycles. The van der Waals surface area contributed by atoms with E-state index in [1.165, 1.54) is 0 Å². The highest BCUT2D eigenvalue weighted by atomic mass is 16.4. The molecule has 0 aromatic rings. The number of aliphatic carboxylic acids is 1. The molecule has 0 aromatic heterocycles. The average Bonchev–Trinajstić information content (AvgIpc) is 1.98. The van der Waals surface area contributed by atoms with E-state index in [1.54, 1.807) is 0 Å². The van der Waals surface area contributed by atoms with Gasteiger partial charge in [0, 0.05) is 0 Å². The molecule has 0 bridgehead atoms. The third-order valence-electron chi connectivity index (χ3n) is 2.98. The molecule has 0 saturated heterocycles. The minimum Gasteiger partial charge on any atom is -0.480 e. The van der Waals surface area contributed by atoms with Gasteiger partial charge in [0.15, 0.2) is 0 Å². The van der Waals surface area contributed by atoms with Crippen LogP contribution >= 0.6 is 0 Å². The van der Waals surface area contributed by atoms with Crippen LogP contribution in [0.4, 0.5) is 0 Å². The van der Waals surface area contributed by atoms with Crippen LogP contribution in [0.3, 0.4) is 0 Å². The lowest BCUT2D eigenvalue weighted by Gasteiger charge is -2.42. The molecule has 0 aliphatic rings. The van der Waals surface area contributed by atoms with Crippen LogP contribution in [0, 0.1) is 11.3 Å². The Morgan fingerprint density at radius 1 is 1.46 bits per heavy atom. The first kappa shape index (κ1) is 12.4. The summed E-state index contributed by atoms with van der Waals surface area (Å²) in [7, 11) is 0. The summed E-state index contributed by atoms with van der Waals surface area (Å²) in [6.45, 7) is 9.45. The topological polar surface area (TPSA) is 63.3 Å². The highest BCUT2D eigenvalue weighted by Crippen LogP contribution is 2.35. The zero-order valence-corrected chi connectivity index (χ0v) is 9.22. The Kier molecular flexibility index (Phi) is 3.50. The maximum Gasteiger partial charge on any atom is 0.324 e. The summed E-state index contributed by atoms with van der Waals surface area (Å²) >= 11 is 0. The average molecular weight is 187 g/mol. The Labute approximate surface area is 80.3 Å². The van der Waals surface area contributed by atoms with Gasteiger partial charge in [-0.25, -0.2) is 0 Å². The van der Waals surface area contributed by atoms with E-state index in [-0.39, 0.29) is 5.92 Å². The molecule has 3 heteroatoms. The van der Waals surface area contributed by atoms with Crippen molar-refractivity contribution in [3.05, 3.63) is 0 Å². The SMILES string of the molecule is CC[C@@H](C)[C@@](N)(C(=O)O)C(C)(C)C. The van der Waals surface area contributed by atoms with Crippen LogP contribution in [-0.4, -0.2) is 16.6 Å². The molecular weight excluding hydrogens is 166 g/mol. The lowest BCUT2D eigenvalue weighted by Crippen LogP contribution is -2.61. The number of hydrogen-bond acceptors (Lipinski definition) is 2. The number of hydrogen-bond donors (Lipinski definition) is 2. The molecule has 0 fully saturated rings. The van der Waals surface area contributed by atoms with E-state index in [0.717, 1.165) is 6.42 Å². The van der Waals surface area contributed by atoms with Gasteiger partial charge in [0.2, 0.25) is 0 Å². The maximum atomic E-state index is 11.1. The van der Waals surface area contributed by atoms with Crippen LogP contribution < -0.4 is 5.73 Å². The molecule has 0 rings (SSSR count). The van der Waals surface area contributed by atoms with Gasteiger partial charge in [0.1, 0.15) is 5.54 Å². The molecule has 0 saturated carbocycles. The number of carboxylic acids is 1. The highest BCUT2D eigenvalue weighted by Gasteiger charge is 2.48. The molecule has 3 N–H and O–H groups in total. The van der Waals surface area contributed by atoms with Gasteiger partial charge in [-0.2, -0.15) is 0 Å². The monoisotopic (exact) mass is 187 g/mol. The van der Waals surface area contributed by atoms with Crippen LogP contribution in [0.25, 0.3) is 0 Å². The molecule has 0 unspecified atom stereocenters. The summed E-state index contributed by atoms with van der Waals surface area (Å²) in [6, 6.07) is 0. The van der Waals surface area contributed by atoms with Crippen molar-refractivity contribution in [2.24, 2.45) is 17.1 Å². The summed E-state index contributed by atoms with van der Waals surface area (Å²) in [5.74, 6) is -0.931. The lowest BCUT2D eigenvalue weighted by molar-refractivity contribution is -0.150. The largest absolute Gasteiger partial charge is 0.480 e. The first-order valence-corrected chi connectivity index (χ1v) is 4.70. The molecule has 0 aliphatic carbocycles. The fourth-order valence-corrected chi connectivity index (χ4v) is 1.59. The summed E-state index contributed by atoms with van der Waals surface area (Å²) in [5, 5.41) is 9.14. The van der Waals surface area contributed by atoms with Gasteiger partial charge in [-0.3, -0.25) is 4.79 Å². The molecule has 0 aliphatic heterocycles. The van der Waals surface area contributed by atoms with Gasteiger partial charge in [-0.05, 0) is 11.3 Å². The summed E-state index contributed by atoms with van der Waals surface area (Å²) < 4.78 is 0. The van der Waals surface area contributed by atoms with Crippen molar-refractivity contribution in [1.82, 2.24) is 0 Å². The minimum absolute atomic E-state index is 0.0231. The van der Waals surface area contributed by atoms with Crippen LogP contribution in [0.1, 0.15) is 41.0 Å². The van der Waals surface area contributed by atoms with Crippen molar-refractivity contribution in [3.8, 4) is 0 Å². The fourth-order valence-electron chi connectivity index (χ4n) is 1.59. The Morgan fingerprint density at radius 2 is 1.85 bits per heavy atom. The first-order valence-electron chi connectivity index (χ1n) is 4.70. The quantitative estimate of drug-likeness (QED) is 0.709. The van der Waals surface area contributed by atoms with Crippen molar-refractivity contribution < 1.29 is 9.90 Å². The third-order valence-corrected chi connectivity index (χ3v) is 2.98. The molecule has 0 heterocycles. The van der Waals surface area contributed by atoms with Crippen molar-refractivity contribution in [1.29, 1.82) is 0 Å². The van der Waals surface area contributed by atoms with Crippen LogP contribution in [0.15, 0.2) is 0 Å². The van der Waals surface area contributed by atoms with Crippen LogP contribution in [-0.2, 0) is 4.79 Å². The molecular formula is C10H21NO2. The van der Waals surface area contributed by atoms with Gasteiger partial charge < -0.3 is 10.8 Å². The van der Waals surface area contributed by atoms with E-state index in [2.05, 4.69) is 0 Å². The maximum absolute atomic E-state index is 11.1. The van der Waals surface area contributed by atoms with Crippen molar-refractivity contribution >= 4 is 5.97 Å². The molecule has 78 valence electrons. The predicted molar refractivity (Wildman–Crippen MR) is 53.5 cm³/mol. The van der Waals surface area contributed by atoms with Gasteiger partial charge in [0.25, 0.3) is 0 Å². The van der Waals surface area contributed by atoms with E-state index >= 15 is 0 Å². The number of nitrogens with two attached hydrogens (primary N) is 1. The Bertz CT molecular complexity index is 196. The smallest absolute Gasteiger partial charge is 0.324 e. The van der Waals surface area contributed by atoms with E-state index in [0.29, 0.717) is 0 Å². The van der Waals surface area contributed by atoms with Gasteiger partial charge in [-0.15, -0.1) is 0 Å². The molecule has 13 heavy (non-hydrogen) atoms. The molecule has 3 nitrogen and oxygen atoms in total. The Hall–Kier alpha value is -0.570. The predicted octanol–water partition coefficient (Wildman–Crippen LogP) is 1.86. The van der Waals surface area contributed by atoms with Gasteiger partial charge >= 0.3 is 5.97 Å². The first-order chi connectivity index (χ1) is 5.67. The second-order valence-corrected chi connectivity index (χ2v) is 4.73. The molecule has 0 radical (unpaired) electrons. The van der Waals surface area contributed by atoms with Gasteiger partial charge in [0.05, 0.1) is 0 Å².